The Bertz CT molecular complexity index is 877. The van der Waals surface area contributed by atoms with Crippen molar-refractivity contribution >= 4 is 34.3 Å². The van der Waals surface area contributed by atoms with Gasteiger partial charge < -0.3 is 15.5 Å². The van der Waals surface area contributed by atoms with Crippen molar-refractivity contribution in [3.05, 3.63) is 44.0 Å². The molecule has 0 atom stereocenters. The molecule has 0 unspecified atom stereocenters. The smallest absolute Gasteiger partial charge is 0.348 e. The van der Waals surface area contributed by atoms with Crippen LogP contribution in [0.25, 0.3) is 11.0 Å². The maximum atomic E-state index is 11.7. The van der Waals surface area contributed by atoms with Gasteiger partial charge in [-0.1, -0.05) is 0 Å². The van der Waals surface area contributed by atoms with Crippen LogP contribution in [0.5, 0.6) is 0 Å². The molecule has 0 saturated heterocycles. The van der Waals surface area contributed by atoms with Gasteiger partial charge in [0.25, 0.3) is 5.56 Å². The van der Waals surface area contributed by atoms with Crippen molar-refractivity contribution in [3.63, 3.8) is 0 Å². The molecule has 0 radical (unpaired) electrons. The predicted octanol–water partition coefficient (Wildman–Crippen LogP) is 1.27. The number of rotatable bonds is 3. The van der Waals surface area contributed by atoms with E-state index in [2.05, 4.69) is 19.7 Å². The van der Waals surface area contributed by atoms with Crippen LogP contribution in [0.1, 0.15) is 20.2 Å². The largest absolute Gasteiger partial charge is 0.465 e. The van der Waals surface area contributed by atoms with E-state index in [1.807, 2.05) is 6.07 Å². The average Bonchev–Trinajstić information content (AvgIpc) is 3.05. The molecule has 7 nitrogen and oxygen atoms in total. The summed E-state index contributed by atoms with van der Waals surface area (Å²) >= 11 is 1.35. The zero-order chi connectivity index (χ0) is 15.0. The Labute approximate surface area is 122 Å². The number of nitrogen functional groups attached to an aromatic ring is 1. The van der Waals surface area contributed by atoms with Crippen LogP contribution in [0.15, 0.2) is 23.0 Å². The summed E-state index contributed by atoms with van der Waals surface area (Å²) in [6.07, 6.45) is 0.567. The number of hydrogen-bond acceptors (Lipinski definition) is 6. The fraction of sp³-hybridized carbons (Fsp3) is 0.154. The minimum atomic E-state index is -0.353. The number of hydrogen-bond donors (Lipinski definition) is 3. The van der Waals surface area contributed by atoms with E-state index < -0.39 is 0 Å². The van der Waals surface area contributed by atoms with Crippen molar-refractivity contribution in [2.45, 2.75) is 6.42 Å². The van der Waals surface area contributed by atoms with Gasteiger partial charge in [0.05, 0.1) is 12.5 Å². The van der Waals surface area contributed by atoms with Crippen LogP contribution in [0.4, 0.5) is 5.95 Å². The molecule has 0 fully saturated rings. The van der Waals surface area contributed by atoms with Crippen molar-refractivity contribution < 1.29 is 9.53 Å². The van der Waals surface area contributed by atoms with Crippen LogP contribution in [0.2, 0.25) is 0 Å². The van der Waals surface area contributed by atoms with Gasteiger partial charge in [-0.25, -0.2) is 4.79 Å². The Morgan fingerprint density at radius 2 is 2.24 bits per heavy atom. The molecule has 0 aliphatic rings. The lowest BCUT2D eigenvalue weighted by Crippen LogP contribution is -2.09. The molecule has 108 valence electrons. The van der Waals surface area contributed by atoms with Gasteiger partial charge in [-0.15, -0.1) is 11.3 Å². The van der Waals surface area contributed by atoms with E-state index in [0.29, 0.717) is 22.3 Å². The number of fused-ring (bicyclic) bond motifs is 1. The number of ether oxygens (including phenoxy) is 1. The standard InChI is InChI=1S/C13H12N4O3S/c1-20-12(19)9-3-2-7(21-9)4-6-5-8-10(15-6)16-13(14)17-11(8)18/h2-3,5H,4H2,1H3,(H4,14,15,16,17,18). The molecule has 21 heavy (non-hydrogen) atoms. The second-order valence-electron chi connectivity index (χ2n) is 4.44. The van der Waals surface area contributed by atoms with Crippen LogP contribution < -0.4 is 11.3 Å². The third-order valence-corrected chi connectivity index (χ3v) is 4.05. The third kappa shape index (κ3) is 2.52. The highest BCUT2D eigenvalue weighted by atomic mass is 32.1. The molecule has 3 aromatic heterocycles. The Hall–Kier alpha value is -2.61. The molecule has 0 aliphatic heterocycles. The van der Waals surface area contributed by atoms with Gasteiger partial charge in [0.1, 0.15) is 10.5 Å². The van der Waals surface area contributed by atoms with Crippen molar-refractivity contribution in [2.24, 2.45) is 0 Å². The summed E-state index contributed by atoms with van der Waals surface area (Å²) in [7, 11) is 1.35. The van der Waals surface area contributed by atoms with E-state index in [0.717, 1.165) is 10.6 Å². The number of carbonyl (C=O) groups is 1. The molecule has 3 aromatic rings. The fourth-order valence-corrected chi connectivity index (χ4v) is 3.01. The highest BCUT2D eigenvalue weighted by Gasteiger charge is 2.11. The van der Waals surface area contributed by atoms with Crippen LogP contribution in [-0.2, 0) is 11.2 Å². The number of nitrogens with one attached hydrogen (secondary N) is 2. The summed E-state index contributed by atoms with van der Waals surface area (Å²) in [6, 6.07) is 5.31. The van der Waals surface area contributed by atoms with E-state index in [-0.39, 0.29) is 17.5 Å². The van der Waals surface area contributed by atoms with Gasteiger partial charge in [0.2, 0.25) is 5.95 Å². The summed E-state index contributed by atoms with van der Waals surface area (Å²) in [4.78, 5) is 34.2. The Kier molecular flexibility index (Phi) is 3.22. The summed E-state index contributed by atoms with van der Waals surface area (Å²) < 4.78 is 4.67. The number of carbonyl (C=O) groups excluding carboxylic acids is 1. The Morgan fingerprint density at radius 3 is 3.00 bits per heavy atom. The highest BCUT2D eigenvalue weighted by Crippen LogP contribution is 2.21. The monoisotopic (exact) mass is 304 g/mol. The molecule has 0 amide bonds. The number of aromatic nitrogens is 3. The quantitative estimate of drug-likeness (QED) is 0.631. The molecule has 0 spiro atoms. The van der Waals surface area contributed by atoms with Crippen LogP contribution in [0, 0.1) is 0 Å². The van der Waals surface area contributed by atoms with Crippen LogP contribution >= 0.6 is 11.3 Å². The molecule has 0 aromatic carbocycles. The van der Waals surface area contributed by atoms with E-state index in [9.17, 15) is 9.59 Å². The number of nitrogens with zero attached hydrogens (tertiary/aromatic N) is 1. The first-order valence-electron chi connectivity index (χ1n) is 6.11. The maximum Gasteiger partial charge on any atom is 0.348 e. The number of anilines is 1. The predicted molar refractivity (Wildman–Crippen MR) is 79.6 cm³/mol. The Morgan fingerprint density at radius 1 is 1.43 bits per heavy atom. The van der Waals surface area contributed by atoms with Gasteiger partial charge in [0.15, 0.2) is 0 Å². The number of nitrogens with two attached hydrogens (primary N) is 1. The van der Waals surface area contributed by atoms with Crippen molar-refractivity contribution in [2.75, 3.05) is 12.8 Å². The molecule has 4 N–H and O–H groups in total. The fourth-order valence-electron chi connectivity index (χ4n) is 2.06. The normalized spacial score (nSPS) is 10.9. The van der Waals surface area contributed by atoms with Gasteiger partial charge in [-0.2, -0.15) is 4.98 Å². The molecule has 3 heterocycles. The minimum absolute atomic E-state index is 0.0741. The Balaban J connectivity index is 1.91. The number of methoxy groups -OCH3 is 1. The first kappa shape index (κ1) is 13.4. The first-order valence-corrected chi connectivity index (χ1v) is 6.93. The summed E-state index contributed by atoms with van der Waals surface area (Å²) in [5, 5.41) is 0.462. The van der Waals surface area contributed by atoms with Crippen molar-refractivity contribution in [1.29, 1.82) is 0 Å². The molecule has 8 heteroatoms. The SMILES string of the molecule is COC(=O)c1ccc(Cc2cc3c(=O)[nH]c(N)nc3[nH]2)s1. The summed E-state index contributed by atoms with van der Waals surface area (Å²) in [5.41, 5.74) is 6.51. The highest BCUT2D eigenvalue weighted by molar-refractivity contribution is 7.13. The zero-order valence-corrected chi connectivity index (χ0v) is 11.9. The molecule has 0 saturated carbocycles. The lowest BCUT2D eigenvalue weighted by molar-refractivity contribution is 0.0606. The minimum Gasteiger partial charge on any atom is -0.465 e. The molecule has 3 rings (SSSR count). The molecular weight excluding hydrogens is 292 g/mol. The number of aromatic amines is 2. The average molecular weight is 304 g/mol. The topological polar surface area (TPSA) is 114 Å². The number of thiophene rings is 1. The lowest BCUT2D eigenvalue weighted by Gasteiger charge is -1.94. The van der Waals surface area contributed by atoms with Crippen molar-refractivity contribution in [1.82, 2.24) is 15.0 Å². The summed E-state index contributed by atoms with van der Waals surface area (Å²) in [5.74, 6) is -0.279. The van der Waals surface area contributed by atoms with Gasteiger partial charge in [-0.05, 0) is 18.2 Å². The van der Waals surface area contributed by atoms with Crippen LogP contribution in [-0.4, -0.2) is 28.0 Å². The third-order valence-electron chi connectivity index (χ3n) is 2.98. The van der Waals surface area contributed by atoms with Gasteiger partial charge in [-0.3, -0.25) is 9.78 Å². The van der Waals surface area contributed by atoms with Gasteiger partial charge in [0, 0.05) is 17.0 Å². The first-order chi connectivity index (χ1) is 10.1. The summed E-state index contributed by atoms with van der Waals surface area (Å²) in [6.45, 7) is 0. The second-order valence-corrected chi connectivity index (χ2v) is 5.61. The second kappa shape index (κ2) is 5.06. The van der Waals surface area contributed by atoms with Crippen molar-refractivity contribution in [3.8, 4) is 0 Å². The maximum absolute atomic E-state index is 11.7. The number of H-pyrrole nitrogens is 2. The van der Waals surface area contributed by atoms with Crippen LogP contribution in [0.3, 0.4) is 0 Å². The van der Waals surface area contributed by atoms with E-state index in [1.165, 1.54) is 18.4 Å². The molecule has 0 bridgehead atoms. The molecule has 0 aliphatic carbocycles. The lowest BCUT2D eigenvalue weighted by atomic mass is 10.2. The van der Waals surface area contributed by atoms with E-state index in [4.69, 9.17) is 5.73 Å². The molecular formula is C13H12N4O3S. The zero-order valence-electron chi connectivity index (χ0n) is 11.1. The number of esters is 1. The van der Waals surface area contributed by atoms with E-state index >= 15 is 0 Å². The van der Waals surface area contributed by atoms with E-state index in [1.54, 1.807) is 12.1 Å². The van der Waals surface area contributed by atoms with Gasteiger partial charge >= 0.3 is 5.97 Å².